The van der Waals surface area contributed by atoms with Gasteiger partial charge >= 0.3 is 0 Å². The smallest absolute Gasteiger partial charge is 0.0220 e. The van der Waals surface area contributed by atoms with Crippen molar-refractivity contribution in [1.82, 2.24) is 10.2 Å². The lowest BCUT2D eigenvalue weighted by atomic mass is 9.97. The Balaban J connectivity index is 2.01. The molecular formula is C19H20N2. The minimum Gasteiger partial charge on any atom is -0.390 e. The van der Waals surface area contributed by atoms with Crippen LogP contribution in [0, 0.1) is 5.92 Å². The van der Waals surface area contributed by atoms with Gasteiger partial charge in [0.2, 0.25) is 0 Å². The van der Waals surface area contributed by atoms with Gasteiger partial charge < -0.3 is 10.2 Å². The van der Waals surface area contributed by atoms with Gasteiger partial charge in [-0.1, -0.05) is 48.5 Å². The monoisotopic (exact) mass is 276 g/mol. The number of nitrogens with zero attached hydrogens (tertiary/aromatic N) is 1. The maximum Gasteiger partial charge on any atom is 0.0220 e. The summed E-state index contributed by atoms with van der Waals surface area (Å²) in [6.45, 7) is 3.29. The Kier molecular flexibility index (Phi) is 3.04. The zero-order chi connectivity index (χ0) is 14.2. The molecule has 106 valence electrons. The topological polar surface area (TPSA) is 15.3 Å². The Morgan fingerprint density at radius 1 is 1.05 bits per heavy atom. The number of rotatable bonds is 1. The summed E-state index contributed by atoms with van der Waals surface area (Å²) in [5.41, 5.74) is 4.20. The second-order valence-corrected chi connectivity index (χ2v) is 6.10. The van der Waals surface area contributed by atoms with Crippen molar-refractivity contribution in [3.63, 3.8) is 0 Å². The number of benzene rings is 2. The van der Waals surface area contributed by atoms with Gasteiger partial charge in [-0.15, -0.1) is 0 Å². The van der Waals surface area contributed by atoms with E-state index in [-0.39, 0.29) is 0 Å². The van der Waals surface area contributed by atoms with Gasteiger partial charge in [0.15, 0.2) is 0 Å². The lowest BCUT2D eigenvalue weighted by Gasteiger charge is -2.09. The van der Waals surface area contributed by atoms with Crippen molar-refractivity contribution >= 4 is 11.8 Å². The van der Waals surface area contributed by atoms with Crippen molar-refractivity contribution in [3.8, 4) is 11.1 Å². The third-order valence-electron chi connectivity index (χ3n) is 4.61. The summed E-state index contributed by atoms with van der Waals surface area (Å²) >= 11 is 0. The normalized spacial score (nSPS) is 21.0. The van der Waals surface area contributed by atoms with Gasteiger partial charge in [0.25, 0.3) is 0 Å². The summed E-state index contributed by atoms with van der Waals surface area (Å²) < 4.78 is 0. The van der Waals surface area contributed by atoms with E-state index in [2.05, 4.69) is 72.0 Å². The van der Waals surface area contributed by atoms with Crippen LogP contribution >= 0.6 is 0 Å². The largest absolute Gasteiger partial charge is 0.390 e. The number of likely N-dealkylation sites (tertiary alicyclic amines) is 1. The quantitative estimate of drug-likeness (QED) is 0.847. The summed E-state index contributed by atoms with van der Waals surface area (Å²) in [4.78, 5) is 2.42. The average Bonchev–Trinajstić information content (AvgIpc) is 2.80. The van der Waals surface area contributed by atoms with Gasteiger partial charge in [-0.05, 0) is 29.0 Å². The lowest BCUT2D eigenvalue weighted by Crippen LogP contribution is -2.30. The molecule has 0 radical (unpaired) electrons. The van der Waals surface area contributed by atoms with E-state index >= 15 is 0 Å². The highest BCUT2D eigenvalue weighted by Crippen LogP contribution is 2.22. The fourth-order valence-corrected chi connectivity index (χ4v) is 3.64. The number of hydrogen-bond donors (Lipinski definition) is 1. The predicted molar refractivity (Wildman–Crippen MR) is 88.0 cm³/mol. The molecule has 0 spiro atoms. The first-order valence-electron chi connectivity index (χ1n) is 7.62. The van der Waals surface area contributed by atoms with Crippen molar-refractivity contribution in [2.24, 2.45) is 5.92 Å². The van der Waals surface area contributed by atoms with Crippen molar-refractivity contribution in [2.45, 2.75) is 0 Å². The van der Waals surface area contributed by atoms with E-state index in [0.29, 0.717) is 5.92 Å². The molecule has 0 aliphatic carbocycles. The molecule has 2 heteroatoms. The maximum absolute atomic E-state index is 3.53. The minimum atomic E-state index is 0.638. The number of fused-ring (bicyclic) bond motifs is 2. The summed E-state index contributed by atoms with van der Waals surface area (Å²) in [5, 5.41) is 6.30. The molecule has 0 saturated carbocycles. The third kappa shape index (κ3) is 2.16. The summed E-state index contributed by atoms with van der Waals surface area (Å²) in [6, 6.07) is 17.4. The second kappa shape index (κ2) is 5.05. The molecule has 1 unspecified atom stereocenters. The van der Waals surface area contributed by atoms with Gasteiger partial charge in [0.1, 0.15) is 0 Å². The Hall–Kier alpha value is -2.06. The third-order valence-corrected chi connectivity index (χ3v) is 4.61. The van der Waals surface area contributed by atoms with Gasteiger partial charge in [-0.2, -0.15) is 0 Å². The molecule has 0 bridgehead atoms. The molecule has 1 fully saturated rings. The Bertz CT molecular complexity index is 777. The van der Waals surface area contributed by atoms with Crippen LogP contribution in [0.5, 0.6) is 0 Å². The van der Waals surface area contributed by atoms with Crippen LogP contribution in [0.15, 0.2) is 48.5 Å². The van der Waals surface area contributed by atoms with Crippen LogP contribution in [0.4, 0.5) is 0 Å². The van der Waals surface area contributed by atoms with Crippen molar-refractivity contribution < 1.29 is 0 Å². The van der Waals surface area contributed by atoms with Gasteiger partial charge in [-0.3, -0.25) is 0 Å². The number of nitrogens with one attached hydrogen (secondary N) is 1. The molecule has 2 aromatic carbocycles. The molecule has 1 atom stereocenters. The van der Waals surface area contributed by atoms with Crippen LogP contribution in [-0.4, -0.2) is 31.6 Å². The Morgan fingerprint density at radius 3 is 2.76 bits per heavy atom. The Labute approximate surface area is 125 Å². The first-order valence-corrected chi connectivity index (χ1v) is 7.62. The van der Waals surface area contributed by atoms with Crippen molar-refractivity contribution in [1.29, 1.82) is 0 Å². The summed E-state index contributed by atoms with van der Waals surface area (Å²) in [6.07, 6.45) is 2.21. The number of hydrogen-bond acceptors (Lipinski definition) is 2. The summed E-state index contributed by atoms with van der Waals surface area (Å²) in [5.74, 6) is 0.638. The minimum absolute atomic E-state index is 0.638. The molecule has 21 heavy (non-hydrogen) atoms. The molecule has 2 nitrogen and oxygen atoms in total. The van der Waals surface area contributed by atoms with E-state index in [0.717, 1.165) is 19.6 Å². The van der Waals surface area contributed by atoms with E-state index < -0.39 is 0 Å². The predicted octanol–water partition coefficient (Wildman–Crippen LogP) is 1.41. The van der Waals surface area contributed by atoms with E-state index in [9.17, 15) is 0 Å². The first-order chi connectivity index (χ1) is 10.3. The fourth-order valence-electron chi connectivity index (χ4n) is 3.64. The van der Waals surface area contributed by atoms with Gasteiger partial charge in [-0.25, -0.2) is 0 Å². The van der Waals surface area contributed by atoms with E-state index in [4.69, 9.17) is 0 Å². The van der Waals surface area contributed by atoms with E-state index in [1.54, 1.807) is 5.57 Å². The van der Waals surface area contributed by atoms with Crippen molar-refractivity contribution in [3.05, 3.63) is 59.0 Å². The average molecular weight is 276 g/mol. The van der Waals surface area contributed by atoms with Gasteiger partial charge in [0.05, 0.1) is 0 Å². The zero-order valence-corrected chi connectivity index (χ0v) is 12.3. The molecule has 1 N–H and O–H groups in total. The van der Waals surface area contributed by atoms with Gasteiger partial charge in [0, 0.05) is 37.0 Å². The zero-order valence-electron chi connectivity index (χ0n) is 12.3. The van der Waals surface area contributed by atoms with E-state index in [1.807, 2.05) is 0 Å². The molecule has 2 aliphatic heterocycles. The van der Waals surface area contributed by atoms with Crippen LogP contribution in [0.2, 0.25) is 0 Å². The molecule has 2 heterocycles. The molecule has 0 aromatic heterocycles. The molecule has 0 amide bonds. The highest BCUT2D eigenvalue weighted by Gasteiger charge is 2.26. The molecule has 1 saturated heterocycles. The SMILES string of the molecule is CN1CC2=c3cccc(-c4ccccc4)c3=CNCC2C1. The van der Waals surface area contributed by atoms with Crippen LogP contribution in [-0.2, 0) is 0 Å². The van der Waals surface area contributed by atoms with Crippen LogP contribution < -0.4 is 15.8 Å². The lowest BCUT2D eigenvalue weighted by molar-refractivity contribution is 0.394. The first kappa shape index (κ1) is 12.7. The molecule has 2 aliphatic rings. The molecule has 4 rings (SSSR count). The fraction of sp³-hybridized carbons (Fsp3) is 0.263. The highest BCUT2D eigenvalue weighted by atomic mass is 15.1. The van der Waals surface area contributed by atoms with Crippen LogP contribution in [0.3, 0.4) is 0 Å². The second-order valence-electron chi connectivity index (χ2n) is 6.10. The Morgan fingerprint density at radius 2 is 1.90 bits per heavy atom. The highest BCUT2D eigenvalue weighted by molar-refractivity contribution is 5.68. The summed E-state index contributed by atoms with van der Waals surface area (Å²) in [7, 11) is 2.21. The van der Waals surface area contributed by atoms with Crippen LogP contribution in [0.25, 0.3) is 22.9 Å². The van der Waals surface area contributed by atoms with Crippen molar-refractivity contribution in [2.75, 3.05) is 26.7 Å². The molecule has 2 aromatic rings. The van der Waals surface area contributed by atoms with Crippen LogP contribution in [0.1, 0.15) is 0 Å². The molecular weight excluding hydrogens is 256 g/mol. The standard InChI is InChI=1S/C19H20N2/c1-21-12-15-10-20-11-18-16(14-6-3-2-4-7-14)8-5-9-17(18)19(15)13-21/h2-9,11,15,20H,10,12-13H2,1H3. The maximum atomic E-state index is 3.53. The van der Waals surface area contributed by atoms with E-state index in [1.165, 1.54) is 21.6 Å².